The lowest BCUT2D eigenvalue weighted by molar-refractivity contribution is 0.0978. The lowest BCUT2D eigenvalue weighted by Crippen LogP contribution is -2.34. The van der Waals surface area contributed by atoms with E-state index < -0.39 is 0 Å². The molecule has 3 rings (SSSR count). The van der Waals surface area contributed by atoms with Crippen LogP contribution in [0.4, 0.5) is 5.69 Å². The number of carbonyl (C=O) groups is 1. The average molecular weight is 342 g/mol. The fourth-order valence-corrected chi connectivity index (χ4v) is 2.47. The van der Waals surface area contributed by atoms with Crippen LogP contribution in [0.3, 0.4) is 0 Å². The highest BCUT2D eigenvalue weighted by molar-refractivity contribution is 7.80. The Morgan fingerprint density at radius 3 is 2.61 bits per heavy atom. The van der Waals surface area contributed by atoms with Gasteiger partial charge in [0.2, 0.25) is 0 Å². The van der Waals surface area contributed by atoms with Gasteiger partial charge < -0.3 is 5.32 Å². The molecule has 6 heteroatoms. The molecular weight excluding hydrogens is 330 g/mol. The minimum Gasteiger partial charge on any atom is -0.332 e. The van der Waals surface area contributed by atoms with Gasteiger partial charge in [-0.25, -0.2) is 0 Å². The van der Waals surface area contributed by atoms with Gasteiger partial charge in [-0.3, -0.25) is 15.1 Å². The second kappa shape index (κ2) is 6.73. The zero-order valence-corrected chi connectivity index (χ0v) is 13.5. The number of carbonyl (C=O) groups excluding carboxylic acids is 1. The van der Waals surface area contributed by atoms with E-state index in [4.69, 9.17) is 23.8 Å². The van der Waals surface area contributed by atoms with Crippen LogP contribution in [0, 0.1) is 0 Å². The summed E-state index contributed by atoms with van der Waals surface area (Å²) in [5, 5.41) is 7.40. The van der Waals surface area contributed by atoms with E-state index in [0.29, 0.717) is 10.6 Å². The number of pyridine rings is 1. The number of halogens is 1. The highest BCUT2D eigenvalue weighted by Gasteiger charge is 2.09. The van der Waals surface area contributed by atoms with Crippen LogP contribution in [0.2, 0.25) is 5.02 Å². The predicted molar refractivity (Wildman–Crippen MR) is 96.9 cm³/mol. The van der Waals surface area contributed by atoms with Crippen LogP contribution in [0.1, 0.15) is 10.4 Å². The number of hydrogen-bond donors (Lipinski definition) is 2. The third kappa shape index (κ3) is 3.64. The van der Waals surface area contributed by atoms with Gasteiger partial charge in [-0.05, 0) is 60.7 Å². The van der Waals surface area contributed by atoms with Crippen molar-refractivity contribution in [2.45, 2.75) is 0 Å². The van der Waals surface area contributed by atoms with Crippen molar-refractivity contribution in [3.05, 3.63) is 71.4 Å². The van der Waals surface area contributed by atoms with Crippen molar-refractivity contribution < 1.29 is 4.79 Å². The summed E-state index contributed by atoms with van der Waals surface area (Å²) in [5.74, 6) is -0.294. The second-order valence-electron chi connectivity index (χ2n) is 4.79. The number of aromatic nitrogens is 1. The van der Waals surface area contributed by atoms with E-state index in [2.05, 4.69) is 15.6 Å². The lowest BCUT2D eigenvalue weighted by Gasteiger charge is -2.11. The number of benzene rings is 2. The van der Waals surface area contributed by atoms with Crippen molar-refractivity contribution in [2.24, 2.45) is 0 Å². The maximum Gasteiger partial charge on any atom is 0.257 e. The number of fused-ring (bicyclic) bond motifs is 1. The first-order valence-electron chi connectivity index (χ1n) is 6.85. The molecule has 0 saturated heterocycles. The summed E-state index contributed by atoms with van der Waals surface area (Å²) in [6.07, 6.45) is 1.73. The highest BCUT2D eigenvalue weighted by atomic mass is 35.5. The Balaban J connectivity index is 1.74. The molecular formula is C17H12ClN3OS. The maximum atomic E-state index is 12.1. The predicted octanol–water partition coefficient (Wildman–Crippen LogP) is 4.02. The molecule has 0 atom stereocenters. The number of nitrogens with one attached hydrogen (secondary N) is 2. The van der Waals surface area contributed by atoms with Crippen LogP contribution >= 0.6 is 23.8 Å². The molecule has 0 spiro atoms. The molecule has 0 fully saturated rings. The van der Waals surface area contributed by atoms with E-state index in [1.807, 2.05) is 30.3 Å². The molecule has 1 amide bonds. The summed E-state index contributed by atoms with van der Waals surface area (Å²) in [5.41, 5.74) is 2.12. The van der Waals surface area contributed by atoms with Gasteiger partial charge >= 0.3 is 0 Å². The largest absolute Gasteiger partial charge is 0.332 e. The highest BCUT2D eigenvalue weighted by Crippen LogP contribution is 2.21. The van der Waals surface area contributed by atoms with Gasteiger partial charge in [0.15, 0.2) is 5.11 Å². The summed E-state index contributed by atoms with van der Waals surface area (Å²) < 4.78 is 0. The molecule has 23 heavy (non-hydrogen) atoms. The van der Waals surface area contributed by atoms with Crippen molar-refractivity contribution in [1.82, 2.24) is 10.3 Å². The molecule has 0 bridgehead atoms. The minimum atomic E-state index is -0.294. The quantitative estimate of drug-likeness (QED) is 0.691. The molecule has 114 valence electrons. The van der Waals surface area contributed by atoms with Crippen molar-refractivity contribution in [3.8, 4) is 0 Å². The fraction of sp³-hybridized carbons (Fsp3) is 0. The van der Waals surface area contributed by atoms with Gasteiger partial charge in [-0.2, -0.15) is 0 Å². The molecule has 0 aliphatic rings. The Kier molecular flexibility index (Phi) is 4.50. The third-order valence-electron chi connectivity index (χ3n) is 3.23. The van der Waals surface area contributed by atoms with E-state index in [9.17, 15) is 4.79 Å². The maximum absolute atomic E-state index is 12.1. The Labute approximate surface area is 143 Å². The van der Waals surface area contributed by atoms with Crippen LogP contribution in [0.25, 0.3) is 10.9 Å². The SMILES string of the molecule is O=C(NC(=S)Nc1cccc2ncccc12)c1ccc(Cl)cc1. The van der Waals surface area contributed by atoms with Gasteiger partial charge in [0.1, 0.15) is 0 Å². The van der Waals surface area contributed by atoms with Crippen molar-refractivity contribution in [2.75, 3.05) is 5.32 Å². The van der Waals surface area contributed by atoms with Gasteiger partial charge in [0.25, 0.3) is 5.91 Å². The Hall–Kier alpha value is -2.50. The van der Waals surface area contributed by atoms with Gasteiger partial charge in [0, 0.05) is 27.9 Å². The standard InChI is InChI=1S/C17H12ClN3OS/c18-12-8-6-11(7-9-12)16(22)21-17(23)20-15-5-1-4-14-13(15)3-2-10-19-14/h1-10H,(H2,20,21,22,23). The smallest absolute Gasteiger partial charge is 0.257 e. The number of thiocarbonyl (C=S) groups is 1. The molecule has 0 unspecified atom stereocenters. The summed E-state index contributed by atoms with van der Waals surface area (Å²) in [6.45, 7) is 0. The van der Waals surface area contributed by atoms with Gasteiger partial charge in [-0.15, -0.1) is 0 Å². The molecule has 0 radical (unpaired) electrons. The minimum absolute atomic E-state index is 0.223. The van der Waals surface area contributed by atoms with Crippen LogP contribution < -0.4 is 10.6 Å². The summed E-state index contributed by atoms with van der Waals surface area (Å²) >= 11 is 11.0. The Bertz CT molecular complexity index is 875. The van der Waals surface area contributed by atoms with E-state index in [0.717, 1.165) is 16.6 Å². The molecule has 2 N–H and O–H groups in total. The van der Waals surface area contributed by atoms with Gasteiger partial charge in [0.05, 0.1) is 5.52 Å². The number of anilines is 1. The zero-order chi connectivity index (χ0) is 16.2. The number of amides is 1. The average Bonchev–Trinajstić information content (AvgIpc) is 2.55. The van der Waals surface area contributed by atoms with E-state index in [1.165, 1.54) is 0 Å². The molecule has 1 aromatic heterocycles. The topological polar surface area (TPSA) is 54.0 Å². The number of nitrogens with zero attached hydrogens (tertiary/aromatic N) is 1. The molecule has 4 nitrogen and oxygen atoms in total. The van der Waals surface area contributed by atoms with Crippen molar-refractivity contribution >= 4 is 51.4 Å². The summed E-state index contributed by atoms with van der Waals surface area (Å²) in [4.78, 5) is 16.4. The zero-order valence-electron chi connectivity index (χ0n) is 11.9. The Morgan fingerprint density at radius 1 is 1.04 bits per heavy atom. The molecule has 0 aliphatic carbocycles. The van der Waals surface area contributed by atoms with Crippen LogP contribution in [0.15, 0.2) is 60.8 Å². The first-order valence-corrected chi connectivity index (χ1v) is 7.64. The van der Waals surface area contributed by atoms with Crippen molar-refractivity contribution in [3.63, 3.8) is 0 Å². The normalized spacial score (nSPS) is 10.3. The first kappa shape index (κ1) is 15.4. The molecule has 2 aromatic carbocycles. The summed E-state index contributed by atoms with van der Waals surface area (Å²) in [6, 6.07) is 16.1. The van der Waals surface area contributed by atoms with E-state index in [1.54, 1.807) is 30.5 Å². The van der Waals surface area contributed by atoms with Crippen LogP contribution in [-0.4, -0.2) is 16.0 Å². The fourth-order valence-electron chi connectivity index (χ4n) is 2.14. The number of rotatable bonds is 2. The third-order valence-corrected chi connectivity index (χ3v) is 3.68. The summed E-state index contributed by atoms with van der Waals surface area (Å²) in [7, 11) is 0. The van der Waals surface area contributed by atoms with Crippen LogP contribution in [0.5, 0.6) is 0 Å². The van der Waals surface area contributed by atoms with E-state index in [-0.39, 0.29) is 11.0 Å². The second-order valence-corrected chi connectivity index (χ2v) is 5.64. The monoisotopic (exact) mass is 341 g/mol. The Morgan fingerprint density at radius 2 is 1.83 bits per heavy atom. The molecule has 0 aliphatic heterocycles. The number of hydrogen-bond acceptors (Lipinski definition) is 3. The van der Waals surface area contributed by atoms with Crippen molar-refractivity contribution in [1.29, 1.82) is 0 Å². The van der Waals surface area contributed by atoms with E-state index >= 15 is 0 Å². The molecule has 0 saturated carbocycles. The first-order chi connectivity index (χ1) is 11.1. The molecule has 3 aromatic rings. The van der Waals surface area contributed by atoms with Gasteiger partial charge in [-0.1, -0.05) is 17.7 Å². The van der Waals surface area contributed by atoms with Crippen LogP contribution in [-0.2, 0) is 0 Å². The molecule has 1 heterocycles. The lowest BCUT2D eigenvalue weighted by atomic mass is 10.2.